The zero-order chi connectivity index (χ0) is 26.1. The Hall–Kier alpha value is -3.00. The van der Waals surface area contributed by atoms with Gasteiger partial charge in [0.2, 0.25) is 5.91 Å². The van der Waals surface area contributed by atoms with E-state index in [2.05, 4.69) is 23.2 Å². The van der Waals surface area contributed by atoms with Gasteiger partial charge in [0.15, 0.2) is 0 Å². The van der Waals surface area contributed by atoms with Gasteiger partial charge in [-0.1, -0.05) is 60.1 Å². The van der Waals surface area contributed by atoms with Crippen LogP contribution in [0, 0.1) is 5.92 Å². The molecular formula is C30H31ClN4O2S. The van der Waals surface area contributed by atoms with Gasteiger partial charge in [0, 0.05) is 36.6 Å². The highest BCUT2D eigenvalue weighted by Crippen LogP contribution is 2.38. The quantitative estimate of drug-likeness (QED) is 0.329. The molecule has 6 nitrogen and oxygen atoms in total. The van der Waals surface area contributed by atoms with Crippen molar-refractivity contribution in [2.45, 2.75) is 42.5 Å². The van der Waals surface area contributed by atoms with Crippen LogP contribution in [0.2, 0.25) is 5.02 Å². The zero-order valence-corrected chi connectivity index (χ0v) is 22.7. The number of piperidine rings is 2. The molecule has 8 heteroatoms. The van der Waals surface area contributed by atoms with E-state index in [9.17, 15) is 9.00 Å². The van der Waals surface area contributed by atoms with Crippen LogP contribution in [-0.2, 0) is 15.8 Å². The molecule has 0 bridgehead atoms. The lowest BCUT2D eigenvalue weighted by Crippen LogP contribution is -2.48. The Labute approximate surface area is 230 Å². The lowest BCUT2D eigenvalue weighted by Gasteiger charge is -2.41. The molecule has 2 fully saturated rings. The number of carbonyl (C=O) groups is 1. The van der Waals surface area contributed by atoms with Crippen molar-refractivity contribution in [2.75, 3.05) is 19.6 Å². The van der Waals surface area contributed by atoms with E-state index in [0.717, 1.165) is 61.2 Å². The highest BCUT2D eigenvalue weighted by atomic mass is 35.5. The summed E-state index contributed by atoms with van der Waals surface area (Å²) in [7, 11) is -1.43. The predicted molar refractivity (Wildman–Crippen MR) is 151 cm³/mol. The van der Waals surface area contributed by atoms with Crippen molar-refractivity contribution in [3.8, 4) is 0 Å². The van der Waals surface area contributed by atoms with Gasteiger partial charge in [-0.3, -0.25) is 4.79 Å². The second-order valence-electron chi connectivity index (χ2n) is 10.2. The minimum absolute atomic E-state index is 0.0149. The molecule has 2 saturated heterocycles. The van der Waals surface area contributed by atoms with Gasteiger partial charge >= 0.3 is 0 Å². The summed E-state index contributed by atoms with van der Waals surface area (Å²) in [4.78, 5) is 24.6. The van der Waals surface area contributed by atoms with Gasteiger partial charge in [-0.2, -0.15) is 0 Å². The fourth-order valence-corrected chi connectivity index (χ4v) is 7.56. The zero-order valence-electron chi connectivity index (χ0n) is 21.1. The van der Waals surface area contributed by atoms with E-state index < -0.39 is 11.0 Å². The fraction of sp³-hybridized carbons (Fsp3) is 0.333. The summed E-state index contributed by atoms with van der Waals surface area (Å²) in [6.45, 7) is 1.90. The number of aromatic nitrogens is 2. The standard InChI is InChI=1S/C30H31ClN4O2S/c31-24-9-6-10-25(19-24)38(37)35-20-23(13-14-28(35)21-7-2-1-3-8-21)30(36)34-17-15-22(16-18-34)29-32-26-11-4-5-12-27(26)33-29/h1-12,19,22-23,28H,13-18,20H2,(H,32,33). The SMILES string of the molecule is O=C(C1CCC(c2ccccc2)N(S(=O)c2cccc(Cl)c2)C1)N1CCC(c2nc3ccccc3[nH]2)CC1. The Kier molecular flexibility index (Phi) is 7.32. The van der Waals surface area contributed by atoms with E-state index in [1.165, 1.54) is 0 Å². The normalized spacial score (nSPS) is 22.0. The second kappa shape index (κ2) is 11.0. The van der Waals surface area contributed by atoms with Crippen molar-refractivity contribution in [1.29, 1.82) is 0 Å². The number of amides is 1. The number of benzene rings is 3. The van der Waals surface area contributed by atoms with Crippen molar-refractivity contribution in [3.05, 3.63) is 95.3 Å². The van der Waals surface area contributed by atoms with Crippen molar-refractivity contribution in [2.24, 2.45) is 5.92 Å². The Bertz CT molecular complexity index is 1420. The Morgan fingerprint density at radius 3 is 2.45 bits per heavy atom. The third-order valence-electron chi connectivity index (χ3n) is 7.88. The molecule has 0 aliphatic carbocycles. The average Bonchev–Trinajstić information content (AvgIpc) is 3.41. The summed E-state index contributed by atoms with van der Waals surface area (Å²) in [5.74, 6) is 1.34. The lowest BCUT2D eigenvalue weighted by molar-refractivity contribution is -0.138. The maximum atomic E-state index is 13.8. The number of hydrogen-bond donors (Lipinski definition) is 1. The van der Waals surface area contributed by atoms with Crippen molar-refractivity contribution < 1.29 is 9.00 Å². The van der Waals surface area contributed by atoms with Crippen molar-refractivity contribution in [1.82, 2.24) is 19.2 Å². The van der Waals surface area contributed by atoms with Crippen molar-refractivity contribution in [3.63, 3.8) is 0 Å². The number of likely N-dealkylation sites (tertiary alicyclic amines) is 1. The second-order valence-corrected chi connectivity index (χ2v) is 12.1. The minimum Gasteiger partial charge on any atom is -0.342 e. The monoisotopic (exact) mass is 546 g/mol. The van der Waals surface area contributed by atoms with Gasteiger partial charge in [0.05, 0.1) is 21.8 Å². The smallest absolute Gasteiger partial charge is 0.227 e. The third-order valence-corrected chi connectivity index (χ3v) is 9.60. The molecule has 1 amide bonds. The maximum Gasteiger partial charge on any atom is 0.227 e. The molecule has 1 aromatic heterocycles. The minimum atomic E-state index is -1.43. The largest absolute Gasteiger partial charge is 0.342 e. The van der Waals surface area contributed by atoms with Crippen LogP contribution in [0.5, 0.6) is 0 Å². The molecule has 1 N–H and O–H groups in total. The number of hydrogen-bond acceptors (Lipinski definition) is 3. The van der Waals surface area contributed by atoms with Crippen LogP contribution in [0.4, 0.5) is 0 Å². The summed E-state index contributed by atoms with van der Waals surface area (Å²) < 4.78 is 15.8. The van der Waals surface area contributed by atoms with Crippen LogP contribution >= 0.6 is 11.6 Å². The predicted octanol–water partition coefficient (Wildman–Crippen LogP) is 6.10. The number of carbonyl (C=O) groups excluding carboxylic acids is 1. The van der Waals surface area contributed by atoms with Gasteiger partial charge in [-0.15, -0.1) is 0 Å². The van der Waals surface area contributed by atoms with E-state index in [1.807, 2.05) is 57.7 Å². The highest BCUT2D eigenvalue weighted by molar-refractivity contribution is 7.82. The molecule has 3 aromatic carbocycles. The van der Waals surface area contributed by atoms with Crippen LogP contribution in [-0.4, -0.2) is 48.9 Å². The molecule has 0 radical (unpaired) electrons. The summed E-state index contributed by atoms with van der Waals surface area (Å²) in [5, 5.41) is 0.559. The van der Waals surface area contributed by atoms with E-state index >= 15 is 0 Å². The molecule has 2 aliphatic heterocycles. The summed E-state index contributed by atoms with van der Waals surface area (Å²) in [5.41, 5.74) is 3.17. The van der Waals surface area contributed by atoms with E-state index in [1.54, 1.807) is 12.1 Å². The topological polar surface area (TPSA) is 69.3 Å². The van der Waals surface area contributed by atoms with Crippen LogP contribution < -0.4 is 0 Å². The van der Waals surface area contributed by atoms with Crippen LogP contribution in [0.1, 0.15) is 49.0 Å². The molecule has 3 unspecified atom stereocenters. The van der Waals surface area contributed by atoms with Gasteiger partial charge in [-0.05, 0) is 61.6 Å². The van der Waals surface area contributed by atoms with E-state index in [-0.39, 0.29) is 17.9 Å². The lowest BCUT2D eigenvalue weighted by atomic mass is 9.89. The number of nitrogens with zero attached hydrogens (tertiary/aromatic N) is 3. The number of fused-ring (bicyclic) bond motifs is 1. The summed E-state index contributed by atoms with van der Waals surface area (Å²) in [6.07, 6.45) is 3.35. The summed E-state index contributed by atoms with van der Waals surface area (Å²) in [6, 6.07) is 25.5. The number of imidazole rings is 1. The maximum absolute atomic E-state index is 13.8. The fourth-order valence-electron chi connectivity index (χ4n) is 5.84. The number of aromatic amines is 1. The van der Waals surface area contributed by atoms with Crippen LogP contribution in [0.15, 0.2) is 83.8 Å². The van der Waals surface area contributed by atoms with E-state index in [0.29, 0.717) is 22.4 Å². The van der Waals surface area contributed by atoms with Gasteiger partial charge < -0.3 is 9.88 Å². The number of rotatable bonds is 5. The molecule has 4 aromatic rings. The molecule has 2 aliphatic rings. The van der Waals surface area contributed by atoms with Crippen LogP contribution in [0.3, 0.4) is 0 Å². The van der Waals surface area contributed by atoms with Crippen LogP contribution in [0.25, 0.3) is 11.0 Å². The Balaban J connectivity index is 1.16. The highest BCUT2D eigenvalue weighted by Gasteiger charge is 2.38. The molecule has 0 saturated carbocycles. The first-order chi connectivity index (χ1) is 18.6. The number of nitrogens with one attached hydrogen (secondary N) is 1. The van der Waals surface area contributed by atoms with Gasteiger partial charge in [0.1, 0.15) is 16.8 Å². The molecule has 3 atom stereocenters. The summed E-state index contributed by atoms with van der Waals surface area (Å²) >= 11 is 6.22. The van der Waals surface area contributed by atoms with Gasteiger partial charge in [-0.25, -0.2) is 13.5 Å². The third kappa shape index (κ3) is 5.15. The number of H-pyrrole nitrogens is 1. The average molecular weight is 547 g/mol. The first-order valence-electron chi connectivity index (χ1n) is 13.3. The number of para-hydroxylation sites is 2. The molecule has 196 valence electrons. The molecule has 3 heterocycles. The van der Waals surface area contributed by atoms with E-state index in [4.69, 9.17) is 16.6 Å². The first kappa shape index (κ1) is 25.3. The molecule has 0 spiro atoms. The van der Waals surface area contributed by atoms with Crippen molar-refractivity contribution >= 4 is 39.5 Å². The van der Waals surface area contributed by atoms with Gasteiger partial charge in [0.25, 0.3) is 0 Å². The number of halogens is 1. The molecule has 38 heavy (non-hydrogen) atoms. The first-order valence-corrected chi connectivity index (χ1v) is 14.8. The Morgan fingerprint density at radius 1 is 0.921 bits per heavy atom. The Morgan fingerprint density at radius 2 is 1.68 bits per heavy atom. The molecule has 6 rings (SSSR count). The molecular weight excluding hydrogens is 516 g/mol.